The third-order valence-corrected chi connectivity index (χ3v) is 7.83. The van der Waals surface area contributed by atoms with E-state index in [2.05, 4.69) is 86.6 Å². The van der Waals surface area contributed by atoms with E-state index in [0.29, 0.717) is 0 Å². The van der Waals surface area contributed by atoms with Gasteiger partial charge in [-0.3, -0.25) is 0 Å². The highest BCUT2D eigenvalue weighted by Gasteiger charge is 2.02. The number of thioether (sulfide) groups is 2. The maximum atomic E-state index is 2.28. The maximum absolute atomic E-state index is 2.28. The molecule has 2 heteroatoms. The van der Waals surface area contributed by atoms with Crippen LogP contribution in [0.5, 0.6) is 0 Å². The molecule has 0 nitrogen and oxygen atoms in total. The lowest BCUT2D eigenvalue weighted by Crippen LogP contribution is -1.84. The third-order valence-electron chi connectivity index (χ3n) is 5.65. The van der Waals surface area contributed by atoms with E-state index in [-0.39, 0.29) is 0 Å². The molecule has 0 unspecified atom stereocenters. The molecule has 31 heavy (non-hydrogen) atoms. The Labute approximate surface area is 198 Å². The minimum atomic E-state index is 1.02. The molecule has 0 bridgehead atoms. The van der Waals surface area contributed by atoms with Gasteiger partial charge in [-0.1, -0.05) is 94.5 Å². The molecule has 0 aliphatic carbocycles. The van der Waals surface area contributed by atoms with E-state index in [9.17, 15) is 0 Å². The van der Waals surface area contributed by atoms with Crippen LogP contribution < -0.4 is 0 Å². The van der Waals surface area contributed by atoms with E-state index >= 15 is 0 Å². The summed E-state index contributed by atoms with van der Waals surface area (Å²) >= 11 is 3.90. The van der Waals surface area contributed by atoms with Crippen LogP contribution in [-0.4, -0.2) is 5.75 Å². The lowest BCUT2D eigenvalue weighted by Gasteiger charge is -2.07. The average Bonchev–Trinajstić information content (AvgIpc) is 2.83. The van der Waals surface area contributed by atoms with Gasteiger partial charge < -0.3 is 0 Å². The van der Waals surface area contributed by atoms with E-state index in [1.54, 1.807) is 0 Å². The predicted molar refractivity (Wildman–Crippen MR) is 141 cm³/mol. The second kappa shape index (κ2) is 13.7. The van der Waals surface area contributed by atoms with Crippen LogP contribution in [0.15, 0.2) is 82.6 Å². The summed E-state index contributed by atoms with van der Waals surface area (Å²) in [6, 6.07) is 27.1. The number of rotatable bonds is 13. The molecule has 0 saturated carbocycles. The van der Waals surface area contributed by atoms with Gasteiger partial charge in [0.25, 0.3) is 0 Å². The van der Waals surface area contributed by atoms with Gasteiger partial charge in [0.05, 0.1) is 0 Å². The molecule has 0 heterocycles. The average molecular weight is 449 g/mol. The molecule has 0 atom stereocenters. The molecule has 3 rings (SSSR count). The van der Waals surface area contributed by atoms with Crippen molar-refractivity contribution < 1.29 is 0 Å². The summed E-state index contributed by atoms with van der Waals surface area (Å²) in [6.07, 6.45) is 9.33. The van der Waals surface area contributed by atoms with Crippen molar-refractivity contribution in [2.75, 3.05) is 5.75 Å². The fourth-order valence-corrected chi connectivity index (χ4v) is 5.36. The van der Waals surface area contributed by atoms with Crippen LogP contribution in [0.3, 0.4) is 0 Å². The van der Waals surface area contributed by atoms with Gasteiger partial charge in [-0.25, -0.2) is 0 Å². The van der Waals surface area contributed by atoms with Gasteiger partial charge in [0.2, 0.25) is 0 Å². The number of aryl methyl sites for hydroxylation is 1. The SMILES string of the molecule is CCCCCCCCSc1ccc(-c2ccc(SCc3ccc(CC)cc3)cc2)cc1. The van der Waals surface area contributed by atoms with Gasteiger partial charge in [-0.15, -0.1) is 23.5 Å². The molecule has 0 radical (unpaired) electrons. The Hall–Kier alpha value is -1.64. The first-order valence-corrected chi connectivity index (χ1v) is 13.8. The molecule has 164 valence electrons. The highest BCUT2D eigenvalue weighted by molar-refractivity contribution is 7.99. The number of hydrogen-bond donors (Lipinski definition) is 0. The zero-order valence-corrected chi connectivity index (χ0v) is 20.7. The normalized spacial score (nSPS) is 11.0. The number of benzene rings is 3. The zero-order valence-electron chi connectivity index (χ0n) is 19.1. The Morgan fingerprint density at radius 1 is 0.516 bits per heavy atom. The zero-order chi connectivity index (χ0) is 21.7. The highest BCUT2D eigenvalue weighted by atomic mass is 32.2. The van der Waals surface area contributed by atoms with Crippen LogP contribution in [-0.2, 0) is 12.2 Å². The molecule has 3 aromatic rings. The maximum Gasteiger partial charge on any atom is 0.0231 e. The molecule has 0 aliphatic heterocycles. The van der Waals surface area contributed by atoms with E-state index in [0.717, 1.165) is 12.2 Å². The van der Waals surface area contributed by atoms with Crippen molar-refractivity contribution in [2.24, 2.45) is 0 Å². The first-order chi connectivity index (χ1) is 15.3. The third kappa shape index (κ3) is 8.43. The minimum Gasteiger partial charge on any atom is -0.126 e. The minimum absolute atomic E-state index is 1.02. The van der Waals surface area contributed by atoms with Crippen molar-refractivity contribution in [3.63, 3.8) is 0 Å². The Bertz CT molecular complexity index is 864. The second-order valence-electron chi connectivity index (χ2n) is 8.12. The Morgan fingerprint density at radius 3 is 1.61 bits per heavy atom. The number of unbranched alkanes of at least 4 members (excludes halogenated alkanes) is 5. The van der Waals surface area contributed by atoms with E-state index in [1.807, 2.05) is 23.5 Å². The van der Waals surface area contributed by atoms with Gasteiger partial charge in [-0.2, -0.15) is 0 Å². The van der Waals surface area contributed by atoms with Crippen LogP contribution in [0.4, 0.5) is 0 Å². The molecule has 0 amide bonds. The molecular weight excluding hydrogens is 412 g/mol. The smallest absolute Gasteiger partial charge is 0.0231 e. The van der Waals surface area contributed by atoms with Crippen molar-refractivity contribution >= 4 is 23.5 Å². The fraction of sp³-hybridized carbons (Fsp3) is 0.379. The summed E-state index contributed by atoms with van der Waals surface area (Å²) in [5.41, 5.74) is 5.39. The standard InChI is InChI=1S/C29H36S2/c1-3-5-6-7-8-9-22-30-28-18-14-26(15-19-28)27-16-20-29(21-17-27)31-23-25-12-10-24(4-2)11-13-25/h10-21H,3-9,22-23H2,1-2H3. The summed E-state index contributed by atoms with van der Waals surface area (Å²) in [5, 5.41) is 0. The van der Waals surface area contributed by atoms with Gasteiger partial charge in [0.1, 0.15) is 0 Å². The van der Waals surface area contributed by atoms with Gasteiger partial charge in [-0.05, 0) is 65.1 Å². The first-order valence-electron chi connectivity index (χ1n) is 11.8. The molecule has 0 aromatic heterocycles. The Morgan fingerprint density at radius 2 is 1.03 bits per heavy atom. The van der Waals surface area contributed by atoms with Crippen LogP contribution in [0, 0.1) is 0 Å². The van der Waals surface area contributed by atoms with Crippen LogP contribution in [0.25, 0.3) is 11.1 Å². The largest absolute Gasteiger partial charge is 0.126 e. The molecule has 0 N–H and O–H groups in total. The molecule has 0 aliphatic rings. The van der Waals surface area contributed by atoms with Gasteiger partial charge in [0, 0.05) is 15.5 Å². The van der Waals surface area contributed by atoms with Crippen LogP contribution >= 0.6 is 23.5 Å². The quantitative estimate of drug-likeness (QED) is 0.188. The lowest BCUT2D eigenvalue weighted by molar-refractivity contribution is 0.627. The van der Waals surface area contributed by atoms with E-state index < -0.39 is 0 Å². The topological polar surface area (TPSA) is 0 Å². The summed E-state index contributed by atoms with van der Waals surface area (Å²) in [4.78, 5) is 2.72. The first kappa shape index (κ1) is 24.0. The Balaban J connectivity index is 1.43. The lowest BCUT2D eigenvalue weighted by atomic mass is 10.1. The molecule has 0 saturated heterocycles. The number of hydrogen-bond acceptors (Lipinski definition) is 2. The Kier molecular flexibility index (Phi) is 10.6. The molecule has 3 aromatic carbocycles. The summed E-state index contributed by atoms with van der Waals surface area (Å²) in [7, 11) is 0. The second-order valence-corrected chi connectivity index (χ2v) is 10.3. The summed E-state index contributed by atoms with van der Waals surface area (Å²) in [6.45, 7) is 4.48. The van der Waals surface area contributed by atoms with Crippen molar-refractivity contribution in [1.29, 1.82) is 0 Å². The van der Waals surface area contributed by atoms with Gasteiger partial charge >= 0.3 is 0 Å². The van der Waals surface area contributed by atoms with Crippen molar-refractivity contribution in [3.8, 4) is 11.1 Å². The summed E-state index contributed by atoms with van der Waals surface area (Å²) < 4.78 is 0. The van der Waals surface area contributed by atoms with E-state index in [4.69, 9.17) is 0 Å². The van der Waals surface area contributed by atoms with Crippen molar-refractivity contribution in [2.45, 2.75) is 74.3 Å². The van der Waals surface area contributed by atoms with Crippen molar-refractivity contribution in [1.82, 2.24) is 0 Å². The van der Waals surface area contributed by atoms with Gasteiger partial charge in [0.15, 0.2) is 0 Å². The van der Waals surface area contributed by atoms with E-state index in [1.165, 1.54) is 76.3 Å². The monoisotopic (exact) mass is 448 g/mol. The molecule has 0 spiro atoms. The predicted octanol–water partition coefficient (Wildman–Crippen LogP) is 9.66. The summed E-state index contributed by atoms with van der Waals surface area (Å²) in [5.74, 6) is 2.26. The fourth-order valence-electron chi connectivity index (χ4n) is 3.60. The molecule has 0 fully saturated rings. The highest BCUT2D eigenvalue weighted by Crippen LogP contribution is 2.28. The van der Waals surface area contributed by atoms with Crippen molar-refractivity contribution in [3.05, 3.63) is 83.9 Å². The van der Waals surface area contributed by atoms with Crippen LogP contribution in [0.1, 0.15) is 63.5 Å². The molecular formula is C29H36S2. The van der Waals surface area contributed by atoms with Crippen LogP contribution in [0.2, 0.25) is 0 Å².